The molecule has 0 bridgehead atoms. The zero-order valence-electron chi connectivity index (χ0n) is 20.7. The van der Waals surface area contributed by atoms with Gasteiger partial charge in [-0.05, 0) is 69.2 Å². The number of ether oxygens (including phenoxy) is 1. The maximum Gasteiger partial charge on any atom is 0.312 e. The van der Waals surface area contributed by atoms with Gasteiger partial charge in [0.1, 0.15) is 5.60 Å². The summed E-state index contributed by atoms with van der Waals surface area (Å²) in [6.45, 7) is 5.10. The van der Waals surface area contributed by atoms with Crippen LogP contribution in [0.4, 0.5) is 0 Å². The average Bonchev–Trinajstić information content (AvgIpc) is 3.40. The number of rotatable bonds is 5. The lowest BCUT2D eigenvalue weighted by Crippen LogP contribution is -2.45. The van der Waals surface area contributed by atoms with Gasteiger partial charge in [-0.1, -0.05) is 42.5 Å². The number of cyclic esters (lactones) is 1. The number of carbonyl (C=O) groups is 2. The smallest absolute Gasteiger partial charge is 0.312 e. The lowest BCUT2D eigenvalue weighted by molar-refractivity contribution is -0.153. The van der Waals surface area contributed by atoms with Crippen LogP contribution in [0.15, 0.2) is 54.6 Å². The maximum absolute atomic E-state index is 13.1. The van der Waals surface area contributed by atoms with Gasteiger partial charge < -0.3 is 20.1 Å². The lowest BCUT2D eigenvalue weighted by Gasteiger charge is -2.36. The van der Waals surface area contributed by atoms with Crippen LogP contribution in [0.25, 0.3) is 0 Å². The highest BCUT2D eigenvalue weighted by Crippen LogP contribution is 2.47. The van der Waals surface area contributed by atoms with Gasteiger partial charge in [-0.15, -0.1) is 0 Å². The summed E-state index contributed by atoms with van der Waals surface area (Å²) in [6.07, 6.45) is 4.40. The fourth-order valence-corrected chi connectivity index (χ4v) is 6.19. The van der Waals surface area contributed by atoms with Crippen molar-refractivity contribution in [3.8, 4) is 0 Å². The molecule has 5 rings (SSSR count). The van der Waals surface area contributed by atoms with E-state index in [2.05, 4.69) is 5.32 Å². The highest BCUT2D eigenvalue weighted by molar-refractivity contribution is 5.94. The number of hydrogen-bond acceptors (Lipinski definition) is 5. The Labute approximate surface area is 207 Å². The van der Waals surface area contributed by atoms with Crippen molar-refractivity contribution < 1.29 is 19.4 Å². The Morgan fingerprint density at radius 3 is 2.40 bits per heavy atom. The van der Waals surface area contributed by atoms with Gasteiger partial charge in [-0.25, -0.2) is 0 Å². The van der Waals surface area contributed by atoms with E-state index in [-0.39, 0.29) is 17.9 Å². The van der Waals surface area contributed by atoms with Gasteiger partial charge in [-0.3, -0.25) is 9.59 Å². The van der Waals surface area contributed by atoms with Gasteiger partial charge in [-0.2, -0.15) is 0 Å². The normalized spacial score (nSPS) is 26.0. The summed E-state index contributed by atoms with van der Waals surface area (Å²) in [7, 11) is 0. The van der Waals surface area contributed by atoms with Crippen molar-refractivity contribution in [1.29, 1.82) is 0 Å². The van der Waals surface area contributed by atoms with Crippen molar-refractivity contribution in [3.05, 3.63) is 71.3 Å². The summed E-state index contributed by atoms with van der Waals surface area (Å²) >= 11 is 0. The Kier molecular flexibility index (Phi) is 6.45. The summed E-state index contributed by atoms with van der Waals surface area (Å²) in [5.74, 6) is -0.0694. The summed E-state index contributed by atoms with van der Waals surface area (Å²) in [6, 6.07) is 18.1. The molecule has 2 N–H and O–H groups in total. The minimum atomic E-state index is -0.498. The first kappa shape index (κ1) is 24.0. The second-order valence-corrected chi connectivity index (χ2v) is 11.2. The molecule has 0 saturated carbocycles. The van der Waals surface area contributed by atoms with E-state index in [1.807, 2.05) is 73.3 Å². The fourth-order valence-electron chi connectivity index (χ4n) is 6.19. The molecule has 1 amide bonds. The third kappa shape index (κ3) is 5.00. The molecule has 0 unspecified atom stereocenters. The number of carbonyl (C=O) groups excluding carboxylic acids is 2. The van der Waals surface area contributed by atoms with Crippen LogP contribution in [0.5, 0.6) is 0 Å². The van der Waals surface area contributed by atoms with Crippen LogP contribution in [0.2, 0.25) is 0 Å². The molecule has 35 heavy (non-hydrogen) atoms. The van der Waals surface area contributed by atoms with E-state index in [9.17, 15) is 14.7 Å². The number of nitrogens with zero attached hydrogens (tertiary/aromatic N) is 1. The van der Waals surface area contributed by atoms with Crippen molar-refractivity contribution in [3.63, 3.8) is 0 Å². The second-order valence-electron chi connectivity index (χ2n) is 11.2. The molecule has 2 aromatic rings. The Hall–Kier alpha value is -2.70. The van der Waals surface area contributed by atoms with Gasteiger partial charge in [0.2, 0.25) is 0 Å². The highest BCUT2D eigenvalue weighted by atomic mass is 16.6. The molecule has 2 aromatic carbocycles. The van der Waals surface area contributed by atoms with E-state index in [4.69, 9.17) is 4.74 Å². The van der Waals surface area contributed by atoms with E-state index in [0.29, 0.717) is 37.5 Å². The lowest BCUT2D eigenvalue weighted by atomic mass is 9.74. The van der Waals surface area contributed by atoms with E-state index >= 15 is 0 Å². The van der Waals surface area contributed by atoms with Crippen molar-refractivity contribution in [1.82, 2.24) is 10.2 Å². The van der Waals surface area contributed by atoms with Crippen molar-refractivity contribution >= 4 is 11.9 Å². The molecule has 3 heterocycles. The van der Waals surface area contributed by atoms with Gasteiger partial charge in [0, 0.05) is 37.2 Å². The first-order valence-corrected chi connectivity index (χ1v) is 12.9. The molecule has 6 nitrogen and oxygen atoms in total. The van der Waals surface area contributed by atoms with Gasteiger partial charge in [0.15, 0.2) is 0 Å². The van der Waals surface area contributed by atoms with E-state index < -0.39 is 17.1 Å². The van der Waals surface area contributed by atoms with Crippen molar-refractivity contribution in [2.45, 2.75) is 76.2 Å². The molecule has 6 heteroatoms. The zero-order chi connectivity index (χ0) is 24.6. The minimum Gasteiger partial charge on any atom is -0.459 e. The first-order valence-electron chi connectivity index (χ1n) is 12.9. The number of aliphatic hydroxyl groups is 1. The molecular formula is C29H36N2O4. The largest absolute Gasteiger partial charge is 0.459 e. The Balaban J connectivity index is 1.14. The molecule has 3 saturated heterocycles. The summed E-state index contributed by atoms with van der Waals surface area (Å²) in [5, 5.41) is 14.3. The first-order chi connectivity index (χ1) is 16.7. The van der Waals surface area contributed by atoms with Crippen LogP contribution in [0.3, 0.4) is 0 Å². The fraction of sp³-hybridized carbons (Fsp3) is 0.517. The number of likely N-dealkylation sites (tertiary alicyclic amines) is 1. The van der Waals surface area contributed by atoms with Crippen molar-refractivity contribution in [2.75, 3.05) is 13.1 Å². The van der Waals surface area contributed by atoms with Crippen LogP contribution >= 0.6 is 0 Å². The molecule has 3 atom stereocenters. The standard InChI is InChI=1S/C29H36N2O4/c1-28(2)19-29(27(34)35-28)14-16-31(17-15-29)26(33)22-10-8-20(9-11-22)18-23-12-13-24(30-23)25(32)21-6-4-3-5-7-21/h3-11,23-25,30,32H,12-19H2,1-2H3/t23-,24+,25+/m0/s1. The minimum absolute atomic E-state index is 0.0297. The molecular weight excluding hydrogens is 440 g/mol. The van der Waals surface area contributed by atoms with E-state index in [0.717, 1.165) is 31.2 Å². The molecule has 3 aliphatic rings. The quantitative estimate of drug-likeness (QED) is 0.637. The topological polar surface area (TPSA) is 78.9 Å². The molecule has 3 fully saturated rings. The number of nitrogens with one attached hydrogen (secondary N) is 1. The number of piperidine rings is 1. The predicted octanol–water partition coefficient (Wildman–Crippen LogP) is 4.03. The third-order valence-electron chi connectivity index (χ3n) is 8.05. The SMILES string of the molecule is CC1(C)CC2(CCN(C(=O)c3ccc(C[C@@H]4CC[C@H]([C@H](O)c5ccccc5)N4)cc3)CC2)C(=O)O1. The number of amides is 1. The van der Waals surface area contributed by atoms with Crippen LogP contribution in [0.1, 0.15) is 73.5 Å². The van der Waals surface area contributed by atoms with Gasteiger partial charge in [0.05, 0.1) is 11.5 Å². The number of benzene rings is 2. The second kappa shape index (κ2) is 9.40. The average molecular weight is 477 g/mol. The molecule has 0 aliphatic carbocycles. The summed E-state index contributed by atoms with van der Waals surface area (Å²) in [4.78, 5) is 27.4. The summed E-state index contributed by atoms with van der Waals surface area (Å²) in [5.41, 5.74) is 1.99. The van der Waals surface area contributed by atoms with Crippen molar-refractivity contribution in [2.24, 2.45) is 5.41 Å². The van der Waals surface area contributed by atoms with Crippen LogP contribution in [-0.2, 0) is 16.0 Å². The Bertz CT molecular complexity index is 1060. The van der Waals surface area contributed by atoms with Crippen LogP contribution in [0, 0.1) is 5.41 Å². The number of esters is 1. The number of hydrogen-bond donors (Lipinski definition) is 2. The highest BCUT2D eigenvalue weighted by Gasteiger charge is 2.53. The van der Waals surface area contributed by atoms with Gasteiger partial charge in [0.25, 0.3) is 5.91 Å². The monoisotopic (exact) mass is 476 g/mol. The third-order valence-corrected chi connectivity index (χ3v) is 8.05. The van der Waals surface area contributed by atoms with E-state index in [1.54, 1.807) is 0 Å². The van der Waals surface area contributed by atoms with Gasteiger partial charge >= 0.3 is 5.97 Å². The summed E-state index contributed by atoms with van der Waals surface area (Å²) < 4.78 is 5.57. The molecule has 0 radical (unpaired) electrons. The predicted molar refractivity (Wildman–Crippen MR) is 134 cm³/mol. The molecule has 186 valence electrons. The zero-order valence-corrected chi connectivity index (χ0v) is 20.7. The Morgan fingerprint density at radius 2 is 1.77 bits per heavy atom. The molecule has 3 aliphatic heterocycles. The molecule has 0 aromatic heterocycles. The van der Waals surface area contributed by atoms with Crippen LogP contribution < -0.4 is 5.32 Å². The molecule has 1 spiro atoms. The number of aliphatic hydroxyl groups excluding tert-OH is 1. The van der Waals surface area contributed by atoms with Crippen LogP contribution in [-0.4, -0.2) is 52.7 Å². The Morgan fingerprint density at radius 1 is 1.09 bits per heavy atom. The maximum atomic E-state index is 13.1. The van der Waals surface area contributed by atoms with E-state index in [1.165, 1.54) is 5.56 Å².